The summed E-state index contributed by atoms with van der Waals surface area (Å²) < 4.78 is 9.07. The smallest absolute Gasteiger partial charge is 0.223 e. The summed E-state index contributed by atoms with van der Waals surface area (Å²) in [5.74, 6) is 0.361. The van der Waals surface area contributed by atoms with E-state index in [1.165, 1.54) is 0 Å². The molecule has 0 aliphatic carbocycles. The summed E-state index contributed by atoms with van der Waals surface area (Å²) in [6.45, 7) is 2.58. The van der Waals surface area contributed by atoms with E-state index in [-0.39, 0.29) is 17.9 Å². The van der Waals surface area contributed by atoms with Crippen LogP contribution in [0.1, 0.15) is 23.7 Å². The van der Waals surface area contributed by atoms with Crippen LogP contribution in [0, 0.1) is 5.92 Å². The highest BCUT2D eigenvalue weighted by Gasteiger charge is 2.40. The molecule has 148 valence electrons. The number of aryl methyl sites for hydroxylation is 1. The molecule has 1 amide bonds. The molecule has 0 aromatic carbocycles. The highest BCUT2D eigenvalue weighted by atomic mass is 16.5. The van der Waals surface area contributed by atoms with Crippen LogP contribution in [0.2, 0.25) is 0 Å². The molecular formula is C20H26N6O2. The molecule has 8 heteroatoms. The highest BCUT2D eigenvalue weighted by molar-refractivity contribution is 5.79. The van der Waals surface area contributed by atoms with E-state index in [4.69, 9.17) is 4.74 Å². The maximum absolute atomic E-state index is 12.6. The Morgan fingerprint density at radius 2 is 2.21 bits per heavy atom. The predicted molar refractivity (Wildman–Crippen MR) is 105 cm³/mol. The van der Waals surface area contributed by atoms with Crippen molar-refractivity contribution < 1.29 is 9.53 Å². The van der Waals surface area contributed by atoms with Crippen LogP contribution in [0.4, 0.5) is 0 Å². The molecule has 0 bridgehead atoms. The average Bonchev–Trinajstić information content (AvgIpc) is 3.38. The molecule has 0 spiro atoms. The van der Waals surface area contributed by atoms with E-state index in [2.05, 4.69) is 19.8 Å². The van der Waals surface area contributed by atoms with Crippen molar-refractivity contribution in [3.05, 3.63) is 54.2 Å². The van der Waals surface area contributed by atoms with Crippen LogP contribution in [0.25, 0.3) is 5.65 Å². The summed E-state index contributed by atoms with van der Waals surface area (Å²) in [5.41, 5.74) is 3.12. The van der Waals surface area contributed by atoms with Gasteiger partial charge in [0.1, 0.15) is 5.65 Å². The summed E-state index contributed by atoms with van der Waals surface area (Å²) in [4.78, 5) is 19.0. The van der Waals surface area contributed by atoms with Gasteiger partial charge in [0.25, 0.3) is 0 Å². The zero-order chi connectivity index (χ0) is 19.5. The van der Waals surface area contributed by atoms with Gasteiger partial charge in [0.15, 0.2) is 0 Å². The molecule has 8 nitrogen and oxygen atoms in total. The standard InChI is InChI=1S/C20H26N6O2/c1-24-14-16(11-23-24)20-15(9-19(27)26(20)7-8-28-2)10-21-12-17-13-22-18-5-3-4-6-25(17)18/h3-6,11,13-15,20-21H,7-10,12H2,1-2H3/t15-,20+/m0/s1. The second kappa shape index (κ2) is 8.12. The molecule has 0 radical (unpaired) electrons. The van der Waals surface area contributed by atoms with Crippen LogP contribution in [0.3, 0.4) is 0 Å². The molecule has 4 rings (SSSR count). The number of hydrogen-bond acceptors (Lipinski definition) is 5. The zero-order valence-electron chi connectivity index (χ0n) is 16.3. The molecule has 1 N–H and O–H groups in total. The van der Waals surface area contributed by atoms with Gasteiger partial charge in [-0.25, -0.2) is 4.98 Å². The number of carbonyl (C=O) groups excluding carboxylic acids is 1. The van der Waals surface area contributed by atoms with Crippen molar-refractivity contribution in [2.45, 2.75) is 19.0 Å². The van der Waals surface area contributed by atoms with Gasteiger partial charge in [-0.15, -0.1) is 0 Å². The summed E-state index contributed by atoms with van der Waals surface area (Å²) in [5, 5.41) is 7.83. The predicted octanol–water partition coefficient (Wildman–Crippen LogP) is 1.39. The van der Waals surface area contributed by atoms with Crippen LogP contribution in [-0.2, 0) is 23.1 Å². The van der Waals surface area contributed by atoms with E-state index in [0.717, 1.165) is 23.4 Å². The van der Waals surface area contributed by atoms with E-state index in [1.54, 1.807) is 11.8 Å². The Hall–Kier alpha value is -2.71. The lowest BCUT2D eigenvalue weighted by molar-refractivity contribution is -0.129. The average molecular weight is 382 g/mol. The molecule has 0 saturated carbocycles. The van der Waals surface area contributed by atoms with Gasteiger partial charge >= 0.3 is 0 Å². The van der Waals surface area contributed by atoms with Gasteiger partial charge in [-0.3, -0.25) is 9.48 Å². The summed E-state index contributed by atoms with van der Waals surface area (Å²) in [7, 11) is 3.56. The second-order valence-corrected chi connectivity index (χ2v) is 7.25. The molecule has 3 aromatic rings. The molecule has 4 heterocycles. The molecule has 3 aromatic heterocycles. The van der Waals surface area contributed by atoms with E-state index in [0.29, 0.717) is 26.1 Å². The molecule has 28 heavy (non-hydrogen) atoms. The number of pyridine rings is 1. The van der Waals surface area contributed by atoms with Gasteiger partial charge in [-0.2, -0.15) is 5.10 Å². The minimum absolute atomic E-state index is 0.0195. The van der Waals surface area contributed by atoms with Gasteiger partial charge in [0.2, 0.25) is 5.91 Å². The van der Waals surface area contributed by atoms with E-state index in [1.807, 2.05) is 54.9 Å². The first-order valence-electron chi connectivity index (χ1n) is 9.56. The van der Waals surface area contributed by atoms with Crippen molar-refractivity contribution in [3.63, 3.8) is 0 Å². The lowest BCUT2D eigenvalue weighted by Crippen LogP contribution is -2.33. The van der Waals surface area contributed by atoms with Crippen LogP contribution >= 0.6 is 0 Å². The fraction of sp³-hybridized carbons (Fsp3) is 0.450. The number of likely N-dealkylation sites (tertiary alicyclic amines) is 1. The van der Waals surface area contributed by atoms with Crippen LogP contribution in [0.15, 0.2) is 43.0 Å². The largest absolute Gasteiger partial charge is 0.383 e. The molecular weight excluding hydrogens is 356 g/mol. The van der Waals surface area contributed by atoms with E-state index < -0.39 is 0 Å². The third kappa shape index (κ3) is 3.65. The number of fused-ring (bicyclic) bond motifs is 1. The maximum Gasteiger partial charge on any atom is 0.223 e. The molecule has 2 atom stereocenters. The number of nitrogens with one attached hydrogen (secondary N) is 1. The Bertz CT molecular complexity index is 949. The summed E-state index contributed by atoms with van der Waals surface area (Å²) >= 11 is 0. The van der Waals surface area contributed by atoms with Crippen molar-refractivity contribution in [3.8, 4) is 0 Å². The first kappa shape index (κ1) is 18.6. The van der Waals surface area contributed by atoms with Crippen LogP contribution in [0.5, 0.6) is 0 Å². The fourth-order valence-corrected chi connectivity index (χ4v) is 4.05. The fourth-order valence-electron chi connectivity index (χ4n) is 4.05. The maximum atomic E-state index is 12.6. The Morgan fingerprint density at radius 1 is 1.32 bits per heavy atom. The number of methoxy groups -OCH3 is 1. The number of nitrogens with zero attached hydrogens (tertiary/aromatic N) is 5. The number of imidazole rings is 1. The minimum Gasteiger partial charge on any atom is -0.383 e. The van der Waals surface area contributed by atoms with Gasteiger partial charge in [-0.1, -0.05) is 6.07 Å². The number of rotatable bonds is 8. The van der Waals surface area contributed by atoms with Gasteiger partial charge in [0, 0.05) is 64.1 Å². The number of amides is 1. The van der Waals surface area contributed by atoms with Crippen LogP contribution in [-0.4, -0.2) is 56.8 Å². The lowest BCUT2D eigenvalue weighted by Gasteiger charge is -2.27. The van der Waals surface area contributed by atoms with E-state index in [9.17, 15) is 4.79 Å². The Balaban J connectivity index is 1.46. The molecule has 0 unspecified atom stereocenters. The van der Waals surface area contributed by atoms with Gasteiger partial charge < -0.3 is 19.4 Å². The van der Waals surface area contributed by atoms with Crippen molar-refractivity contribution >= 4 is 11.6 Å². The Kier molecular flexibility index (Phi) is 5.40. The SMILES string of the molecule is COCCN1C(=O)C[C@@H](CNCc2cnc3ccccn23)[C@@H]1c1cnn(C)c1. The highest BCUT2D eigenvalue weighted by Crippen LogP contribution is 2.37. The number of ether oxygens (including phenoxy) is 1. The number of hydrogen-bond donors (Lipinski definition) is 1. The molecule has 1 aliphatic heterocycles. The van der Waals surface area contributed by atoms with Gasteiger partial charge in [0.05, 0.1) is 30.7 Å². The topological polar surface area (TPSA) is 76.7 Å². The third-order valence-electron chi connectivity index (χ3n) is 5.35. The van der Waals surface area contributed by atoms with E-state index >= 15 is 0 Å². The summed E-state index contributed by atoms with van der Waals surface area (Å²) in [6, 6.07) is 5.99. The third-order valence-corrected chi connectivity index (χ3v) is 5.35. The molecule has 1 fully saturated rings. The monoisotopic (exact) mass is 382 g/mol. The van der Waals surface area contributed by atoms with Crippen molar-refractivity contribution in [1.29, 1.82) is 0 Å². The number of aromatic nitrogens is 4. The van der Waals surface area contributed by atoms with Crippen LogP contribution < -0.4 is 5.32 Å². The normalized spacial score (nSPS) is 19.8. The van der Waals surface area contributed by atoms with Gasteiger partial charge in [-0.05, 0) is 12.1 Å². The first-order chi connectivity index (χ1) is 13.7. The lowest BCUT2D eigenvalue weighted by atomic mass is 9.95. The summed E-state index contributed by atoms with van der Waals surface area (Å²) in [6.07, 6.45) is 8.31. The Morgan fingerprint density at radius 3 is 3.00 bits per heavy atom. The number of carbonyl (C=O) groups is 1. The van der Waals surface area contributed by atoms with Crippen molar-refractivity contribution in [2.75, 3.05) is 26.8 Å². The minimum atomic E-state index is 0.0195. The molecule has 1 saturated heterocycles. The molecule has 1 aliphatic rings. The van der Waals surface area contributed by atoms with Crippen molar-refractivity contribution in [2.24, 2.45) is 13.0 Å². The Labute approximate surface area is 164 Å². The zero-order valence-corrected chi connectivity index (χ0v) is 16.3. The second-order valence-electron chi connectivity index (χ2n) is 7.25. The quantitative estimate of drug-likeness (QED) is 0.637. The van der Waals surface area contributed by atoms with Crippen molar-refractivity contribution in [1.82, 2.24) is 29.4 Å². The first-order valence-corrected chi connectivity index (χ1v) is 9.56.